The first-order chi connectivity index (χ1) is 7.67. The van der Waals surface area contributed by atoms with Crippen LogP contribution in [0.25, 0.3) is 0 Å². The lowest BCUT2D eigenvalue weighted by atomic mass is 10.1. The summed E-state index contributed by atoms with van der Waals surface area (Å²) in [5.41, 5.74) is 1.62. The highest BCUT2D eigenvalue weighted by molar-refractivity contribution is 8.04. The molecule has 0 N–H and O–H groups in total. The van der Waals surface area contributed by atoms with E-state index in [0.717, 1.165) is 17.3 Å². The minimum Gasteiger partial charge on any atom is -0.295 e. The van der Waals surface area contributed by atoms with Gasteiger partial charge in [-0.3, -0.25) is 4.79 Å². The molecule has 1 atom stereocenters. The normalized spacial score (nSPS) is 11.2. The van der Waals surface area contributed by atoms with Crippen molar-refractivity contribution in [2.75, 3.05) is 0 Å². The minimum absolute atomic E-state index is 0.0229. The van der Waals surface area contributed by atoms with Crippen LogP contribution in [0.15, 0.2) is 24.3 Å². The molecule has 0 saturated carbocycles. The molecule has 0 aliphatic heterocycles. The number of Topliss-reactive ketones (excluding diaryl/α,β-unsaturated/α-hetero) is 1. The molecule has 1 rings (SSSR count). The molecular weight excluding hydrogens is 220 g/mol. The average molecular weight is 230 g/mol. The molecule has 16 heavy (non-hydrogen) atoms. The Morgan fingerprint density at radius 2 is 2.00 bits per heavy atom. The highest BCUT2D eigenvalue weighted by atomic mass is 32.2. The van der Waals surface area contributed by atoms with Gasteiger partial charge in [-0.15, -0.1) is 0 Å². The largest absolute Gasteiger partial charge is 0.295 e. The van der Waals surface area contributed by atoms with Crippen molar-refractivity contribution in [2.24, 2.45) is 0 Å². The van der Waals surface area contributed by atoms with Crippen LogP contribution in [0, 0.1) is 22.0 Å². The molecule has 1 aromatic rings. The van der Waals surface area contributed by atoms with Gasteiger partial charge in [0, 0.05) is 5.56 Å². The van der Waals surface area contributed by atoms with Crippen LogP contribution in [-0.2, 0) is 6.42 Å². The van der Waals surface area contributed by atoms with Crippen LogP contribution < -0.4 is 0 Å². The summed E-state index contributed by atoms with van der Waals surface area (Å²) in [6, 6.07) is 9.18. The van der Waals surface area contributed by atoms with E-state index in [0.29, 0.717) is 12.0 Å². The van der Waals surface area contributed by atoms with E-state index in [1.807, 2.05) is 17.5 Å². The lowest BCUT2D eigenvalue weighted by Gasteiger charge is -2.04. The monoisotopic (exact) mass is 230 g/mol. The van der Waals surface area contributed by atoms with Crippen molar-refractivity contribution in [2.45, 2.75) is 18.6 Å². The average Bonchev–Trinajstić information content (AvgIpc) is 2.29. The van der Waals surface area contributed by atoms with Crippen LogP contribution >= 0.6 is 11.8 Å². The van der Waals surface area contributed by atoms with E-state index >= 15 is 0 Å². The van der Waals surface area contributed by atoms with E-state index in [1.54, 1.807) is 12.1 Å². The van der Waals surface area contributed by atoms with Crippen molar-refractivity contribution in [3.63, 3.8) is 0 Å². The summed E-state index contributed by atoms with van der Waals surface area (Å²) in [7, 11) is 0. The summed E-state index contributed by atoms with van der Waals surface area (Å²) in [5.74, 6) is 0.0229. The number of hydrogen-bond acceptors (Lipinski definition) is 4. The Bertz CT molecular complexity index is 453. The van der Waals surface area contributed by atoms with Gasteiger partial charge in [0.2, 0.25) is 0 Å². The summed E-state index contributed by atoms with van der Waals surface area (Å²) in [6.07, 6.45) is 0.521. The van der Waals surface area contributed by atoms with E-state index in [1.165, 1.54) is 6.92 Å². The van der Waals surface area contributed by atoms with E-state index in [-0.39, 0.29) is 11.0 Å². The summed E-state index contributed by atoms with van der Waals surface area (Å²) < 4.78 is 0. The molecule has 0 bridgehead atoms. The third kappa shape index (κ3) is 3.42. The predicted molar refractivity (Wildman–Crippen MR) is 62.8 cm³/mol. The van der Waals surface area contributed by atoms with Gasteiger partial charge in [0.15, 0.2) is 5.78 Å². The molecular formula is C12H10N2OS. The van der Waals surface area contributed by atoms with E-state index in [2.05, 4.69) is 6.07 Å². The molecule has 0 unspecified atom stereocenters. The predicted octanol–water partition coefficient (Wildman–Crippen LogP) is 2.54. The number of thiocyanates is 1. The fraction of sp³-hybridized carbons (Fsp3) is 0.250. The van der Waals surface area contributed by atoms with Crippen molar-refractivity contribution >= 4 is 17.5 Å². The smallest absolute Gasteiger partial charge is 0.159 e. The zero-order valence-electron chi connectivity index (χ0n) is 8.80. The molecule has 0 saturated heterocycles. The van der Waals surface area contributed by atoms with Gasteiger partial charge in [-0.1, -0.05) is 24.3 Å². The number of nitrogens with zero attached hydrogens (tertiary/aromatic N) is 2. The molecule has 0 radical (unpaired) electrons. The first-order valence-corrected chi connectivity index (χ1v) is 5.59. The van der Waals surface area contributed by atoms with Gasteiger partial charge >= 0.3 is 0 Å². The SMILES string of the molecule is CC(=O)c1ccc(C[C@H](C#N)SC#N)cc1. The molecule has 0 spiro atoms. The van der Waals surface area contributed by atoms with Crippen molar-refractivity contribution in [1.29, 1.82) is 10.5 Å². The van der Waals surface area contributed by atoms with Gasteiger partial charge < -0.3 is 0 Å². The first kappa shape index (κ1) is 12.3. The standard InChI is InChI=1S/C12H10N2OS/c1-9(15)11-4-2-10(3-5-11)6-12(7-13)16-8-14/h2-5,12H,6H2,1H3/t12-/m1/s1. The van der Waals surface area contributed by atoms with Gasteiger partial charge in [0.25, 0.3) is 0 Å². The summed E-state index contributed by atoms with van der Waals surface area (Å²) >= 11 is 0.959. The fourth-order valence-electron chi connectivity index (χ4n) is 1.27. The number of benzene rings is 1. The Kier molecular flexibility index (Phi) is 4.57. The van der Waals surface area contributed by atoms with Gasteiger partial charge in [-0.2, -0.15) is 10.5 Å². The topological polar surface area (TPSA) is 64.7 Å². The van der Waals surface area contributed by atoms with Crippen LogP contribution in [0.5, 0.6) is 0 Å². The molecule has 0 amide bonds. The highest BCUT2D eigenvalue weighted by Crippen LogP contribution is 2.15. The van der Waals surface area contributed by atoms with Gasteiger partial charge in [0.1, 0.15) is 10.7 Å². The summed E-state index contributed by atoms with van der Waals surface area (Å²) in [4.78, 5) is 11.0. The number of hydrogen-bond donors (Lipinski definition) is 0. The number of carbonyl (C=O) groups excluding carboxylic acids is 1. The van der Waals surface area contributed by atoms with E-state index in [9.17, 15) is 4.79 Å². The van der Waals surface area contributed by atoms with Crippen molar-refractivity contribution in [1.82, 2.24) is 0 Å². The number of rotatable bonds is 4. The van der Waals surface area contributed by atoms with Crippen molar-refractivity contribution in [3.8, 4) is 11.5 Å². The number of carbonyl (C=O) groups is 1. The van der Waals surface area contributed by atoms with Crippen LogP contribution in [0.1, 0.15) is 22.8 Å². The Balaban J connectivity index is 2.73. The summed E-state index contributed by atoms with van der Waals surface area (Å²) in [6.45, 7) is 1.51. The van der Waals surface area contributed by atoms with Crippen LogP contribution in [0.4, 0.5) is 0 Å². The van der Waals surface area contributed by atoms with Gasteiger partial charge in [-0.25, -0.2) is 0 Å². The zero-order valence-corrected chi connectivity index (χ0v) is 9.62. The van der Waals surface area contributed by atoms with Gasteiger partial charge in [0.05, 0.1) is 6.07 Å². The number of nitriles is 2. The maximum atomic E-state index is 11.0. The second-order valence-corrected chi connectivity index (χ2v) is 4.27. The summed E-state index contributed by atoms with van der Waals surface area (Å²) in [5, 5.41) is 18.8. The number of ketones is 1. The van der Waals surface area contributed by atoms with Crippen molar-refractivity contribution < 1.29 is 4.79 Å². The Hall–Kier alpha value is -1.78. The highest BCUT2D eigenvalue weighted by Gasteiger charge is 2.09. The fourth-order valence-corrected chi connectivity index (χ4v) is 1.72. The zero-order chi connectivity index (χ0) is 12.0. The lowest BCUT2D eigenvalue weighted by Crippen LogP contribution is -2.03. The Morgan fingerprint density at radius 1 is 1.38 bits per heavy atom. The van der Waals surface area contributed by atoms with Crippen LogP contribution in [-0.4, -0.2) is 11.0 Å². The maximum absolute atomic E-state index is 11.0. The Labute approximate surface area is 98.7 Å². The van der Waals surface area contributed by atoms with E-state index in [4.69, 9.17) is 10.5 Å². The molecule has 0 aliphatic rings. The molecule has 0 fully saturated rings. The third-order valence-electron chi connectivity index (χ3n) is 2.12. The van der Waals surface area contributed by atoms with Crippen LogP contribution in [0.3, 0.4) is 0 Å². The Morgan fingerprint density at radius 3 is 2.44 bits per heavy atom. The second kappa shape index (κ2) is 5.95. The maximum Gasteiger partial charge on any atom is 0.159 e. The van der Waals surface area contributed by atoms with Crippen molar-refractivity contribution in [3.05, 3.63) is 35.4 Å². The molecule has 1 aromatic carbocycles. The molecule has 3 nitrogen and oxygen atoms in total. The molecule has 0 aromatic heterocycles. The number of thioether (sulfide) groups is 1. The quantitative estimate of drug-likeness (QED) is 0.589. The third-order valence-corrected chi connectivity index (χ3v) is 2.78. The molecule has 4 heteroatoms. The van der Waals surface area contributed by atoms with Crippen LogP contribution in [0.2, 0.25) is 0 Å². The first-order valence-electron chi connectivity index (χ1n) is 4.71. The minimum atomic E-state index is -0.354. The molecule has 80 valence electrons. The van der Waals surface area contributed by atoms with E-state index < -0.39 is 0 Å². The lowest BCUT2D eigenvalue weighted by molar-refractivity contribution is 0.101. The second-order valence-electron chi connectivity index (χ2n) is 3.28. The van der Waals surface area contributed by atoms with Gasteiger partial charge in [-0.05, 0) is 30.7 Å². The molecule has 0 heterocycles. The molecule has 0 aliphatic carbocycles.